The Bertz CT molecular complexity index is 972. The summed E-state index contributed by atoms with van der Waals surface area (Å²) in [5.41, 5.74) is 3.55. The van der Waals surface area contributed by atoms with Gasteiger partial charge in [0.05, 0.1) is 20.3 Å². The van der Waals surface area contributed by atoms with Gasteiger partial charge in [-0.1, -0.05) is 6.07 Å². The second-order valence-electron chi connectivity index (χ2n) is 7.17. The molecule has 3 aliphatic rings. The number of hydrogen-bond acceptors (Lipinski definition) is 7. The van der Waals surface area contributed by atoms with Gasteiger partial charge in [0.25, 0.3) is 0 Å². The predicted octanol–water partition coefficient (Wildman–Crippen LogP) is 2.87. The van der Waals surface area contributed by atoms with Crippen LogP contribution in [0.4, 0.5) is 0 Å². The second kappa shape index (κ2) is 6.31. The summed E-state index contributed by atoms with van der Waals surface area (Å²) in [6, 6.07) is 7.63. The Morgan fingerprint density at radius 2 is 1.86 bits per heavy atom. The summed E-state index contributed by atoms with van der Waals surface area (Å²) in [6.07, 6.45) is 0.455. The molecule has 28 heavy (non-hydrogen) atoms. The van der Waals surface area contributed by atoms with E-state index in [1.165, 1.54) is 5.56 Å². The van der Waals surface area contributed by atoms with Crippen LogP contribution in [0.1, 0.15) is 39.2 Å². The highest BCUT2D eigenvalue weighted by Crippen LogP contribution is 2.51. The molecule has 0 radical (unpaired) electrons. The Morgan fingerprint density at radius 1 is 1.07 bits per heavy atom. The third kappa shape index (κ3) is 2.36. The maximum Gasteiger partial charge on any atom is 0.343 e. The zero-order chi connectivity index (χ0) is 19.4. The number of rotatable bonds is 3. The molecular weight excluding hydrogens is 362 g/mol. The summed E-state index contributed by atoms with van der Waals surface area (Å²) in [5.74, 6) is 2.06. The number of esters is 1. The Labute approximate surface area is 162 Å². The number of methoxy groups -OCH3 is 2. The molecule has 2 aromatic carbocycles. The van der Waals surface area contributed by atoms with Crippen molar-refractivity contribution in [2.75, 3.05) is 34.6 Å². The van der Waals surface area contributed by atoms with Crippen LogP contribution < -0.4 is 18.9 Å². The monoisotopic (exact) mass is 383 g/mol. The lowest BCUT2D eigenvalue weighted by molar-refractivity contribution is 0.00928. The maximum absolute atomic E-state index is 12.7. The summed E-state index contributed by atoms with van der Waals surface area (Å²) in [7, 11) is 5.30. The van der Waals surface area contributed by atoms with E-state index in [0.29, 0.717) is 28.6 Å². The first-order valence-electron chi connectivity index (χ1n) is 9.21. The summed E-state index contributed by atoms with van der Waals surface area (Å²) < 4.78 is 27.8. The highest BCUT2D eigenvalue weighted by atomic mass is 16.7. The molecule has 0 spiro atoms. The molecule has 0 bridgehead atoms. The number of ether oxygens (including phenoxy) is 5. The molecule has 1 unspecified atom stereocenters. The van der Waals surface area contributed by atoms with E-state index >= 15 is 0 Å². The van der Waals surface area contributed by atoms with Crippen LogP contribution in [0.2, 0.25) is 0 Å². The zero-order valence-electron chi connectivity index (χ0n) is 16.0. The van der Waals surface area contributed by atoms with E-state index in [2.05, 4.69) is 4.90 Å². The standard InChI is InChI=1S/C21H21NO6/c1-22-7-6-11-8-15(24-2)16(25-3)9-13(11)18(22)19-12-4-5-14-20(27-10-26-14)17(12)21(23)28-19/h4-5,8-9,18-19H,6-7,10H2,1-3H3/t18-,19?/m0/s1. The fourth-order valence-electron chi connectivity index (χ4n) is 4.40. The molecule has 2 aromatic rings. The Balaban J connectivity index is 1.63. The molecule has 146 valence electrons. The van der Waals surface area contributed by atoms with Gasteiger partial charge in [-0.05, 0) is 42.8 Å². The minimum absolute atomic E-state index is 0.118. The topological polar surface area (TPSA) is 66.5 Å². The van der Waals surface area contributed by atoms with Crippen molar-refractivity contribution in [2.24, 2.45) is 0 Å². The first-order valence-corrected chi connectivity index (χ1v) is 9.21. The van der Waals surface area contributed by atoms with Crippen LogP contribution in [0.5, 0.6) is 23.0 Å². The molecule has 0 amide bonds. The molecule has 0 aliphatic carbocycles. The van der Waals surface area contributed by atoms with E-state index in [4.69, 9.17) is 23.7 Å². The normalized spacial score (nSPS) is 22.5. The van der Waals surface area contributed by atoms with E-state index in [-0.39, 0.29) is 18.8 Å². The smallest absolute Gasteiger partial charge is 0.343 e. The molecule has 0 saturated heterocycles. The lowest BCUT2D eigenvalue weighted by atomic mass is 9.86. The van der Waals surface area contributed by atoms with Crippen molar-refractivity contribution in [3.8, 4) is 23.0 Å². The van der Waals surface area contributed by atoms with Crippen LogP contribution in [-0.2, 0) is 11.2 Å². The summed E-state index contributed by atoms with van der Waals surface area (Å²) in [6.45, 7) is 0.966. The van der Waals surface area contributed by atoms with E-state index in [1.807, 2.05) is 31.3 Å². The fourth-order valence-corrected chi connectivity index (χ4v) is 4.40. The molecule has 0 saturated carbocycles. The molecule has 3 aliphatic heterocycles. The zero-order valence-corrected chi connectivity index (χ0v) is 16.0. The summed E-state index contributed by atoms with van der Waals surface area (Å²) in [5, 5.41) is 0. The minimum Gasteiger partial charge on any atom is -0.493 e. The SMILES string of the molecule is COc1cc2c(cc1OC)[C@@H](C1OC(=O)c3c1ccc1c3OCO1)N(C)CC2. The molecule has 2 atom stereocenters. The van der Waals surface area contributed by atoms with E-state index < -0.39 is 6.10 Å². The van der Waals surface area contributed by atoms with Gasteiger partial charge in [-0.15, -0.1) is 0 Å². The molecule has 0 aromatic heterocycles. The van der Waals surface area contributed by atoms with Crippen molar-refractivity contribution in [2.45, 2.75) is 18.6 Å². The molecule has 0 N–H and O–H groups in total. The maximum atomic E-state index is 12.7. The Hall–Kier alpha value is -2.93. The van der Waals surface area contributed by atoms with Gasteiger partial charge in [0.1, 0.15) is 11.7 Å². The first-order chi connectivity index (χ1) is 13.6. The number of cyclic esters (lactones) is 1. The minimum atomic E-state index is -0.431. The van der Waals surface area contributed by atoms with Gasteiger partial charge in [0.15, 0.2) is 23.0 Å². The van der Waals surface area contributed by atoms with Crippen LogP contribution in [0.25, 0.3) is 0 Å². The largest absolute Gasteiger partial charge is 0.493 e. The summed E-state index contributed by atoms with van der Waals surface area (Å²) in [4.78, 5) is 14.9. The van der Waals surface area contributed by atoms with Gasteiger partial charge >= 0.3 is 5.97 Å². The molecule has 7 nitrogen and oxygen atoms in total. The number of likely N-dealkylation sites (N-methyl/N-ethyl adjacent to an activating group) is 1. The Kier molecular flexibility index (Phi) is 3.87. The molecule has 5 rings (SSSR count). The molecule has 7 heteroatoms. The van der Waals surface area contributed by atoms with Gasteiger partial charge in [-0.2, -0.15) is 0 Å². The number of benzene rings is 2. The van der Waals surface area contributed by atoms with Crippen molar-refractivity contribution in [1.82, 2.24) is 4.90 Å². The number of nitrogens with zero attached hydrogens (tertiary/aromatic N) is 1. The lowest BCUT2D eigenvalue weighted by Crippen LogP contribution is -2.36. The van der Waals surface area contributed by atoms with Crippen molar-refractivity contribution in [3.63, 3.8) is 0 Å². The van der Waals surface area contributed by atoms with Crippen LogP contribution in [-0.4, -0.2) is 45.5 Å². The lowest BCUT2D eigenvalue weighted by Gasteiger charge is -2.38. The van der Waals surface area contributed by atoms with Crippen LogP contribution in [0, 0.1) is 0 Å². The van der Waals surface area contributed by atoms with Gasteiger partial charge < -0.3 is 23.7 Å². The first kappa shape index (κ1) is 17.2. The quantitative estimate of drug-likeness (QED) is 0.755. The van der Waals surface area contributed by atoms with Crippen LogP contribution in [0.15, 0.2) is 24.3 Å². The second-order valence-corrected chi connectivity index (χ2v) is 7.17. The van der Waals surface area contributed by atoms with Crippen molar-refractivity contribution < 1.29 is 28.5 Å². The van der Waals surface area contributed by atoms with E-state index in [1.54, 1.807) is 14.2 Å². The van der Waals surface area contributed by atoms with Gasteiger partial charge in [0, 0.05) is 12.1 Å². The van der Waals surface area contributed by atoms with E-state index in [0.717, 1.165) is 24.1 Å². The van der Waals surface area contributed by atoms with Gasteiger partial charge in [-0.25, -0.2) is 4.79 Å². The van der Waals surface area contributed by atoms with Crippen LogP contribution in [0.3, 0.4) is 0 Å². The third-order valence-electron chi connectivity index (χ3n) is 5.78. The average molecular weight is 383 g/mol. The molecular formula is C21H21NO6. The predicted molar refractivity (Wildman–Crippen MR) is 99.3 cm³/mol. The number of hydrogen-bond donors (Lipinski definition) is 0. The number of carbonyl (C=O) groups excluding carboxylic acids is 1. The molecule has 3 heterocycles. The Morgan fingerprint density at radius 3 is 2.64 bits per heavy atom. The average Bonchev–Trinajstić information content (AvgIpc) is 3.31. The van der Waals surface area contributed by atoms with Gasteiger partial charge in [0.2, 0.25) is 6.79 Å². The third-order valence-corrected chi connectivity index (χ3v) is 5.78. The van der Waals surface area contributed by atoms with Crippen molar-refractivity contribution in [3.05, 3.63) is 46.5 Å². The summed E-state index contributed by atoms with van der Waals surface area (Å²) >= 11 is 0. The number of fused-ring (bicyclic) bond motifs is 4. The number of carbonyl (C=O) groups is 1. The highest BCUT2D eigenvalue weighted by Gasteiger charge is 2.44. The van der Waals surface area contributed by atoms with Gasteiger partial charge in [-0.3, -0.25) is 4.90 Å². The van der Waals surface area contributed by atoms with Crippen LogP contribution >= 0.6 is 0 Å². The molecule has 0 fully saturated rings. The van der Waals surface area contributed by atoms with E-state index in [9.17, 15) is 4.79 Å². The van der Waals surface area contributed by atoms with Crippen molar-refractivity contribution >= 4 is 5.97 Å². The van der Waals surface area contributed by atoms with Crippen molar-refractivity contribution in [1.29, 1.82) is 0 Å². The highest BCUT2D eigenvalue weighted by molar-refractivity contribution is 5.98. The fraction of sp³-hybridized carbons (Fsp3) is 0.381.